The number of amides is 1. The zero-order chi connectivity index (χ0) is 18.5. The first-order valence-electron chi connectivity index (χ1n) is 7.81. The molecule has 1 aromatic heterocycles. The highest BCUT2D eigenvalue weighted by atomic mass is 35.5. The summed E-state index contributed by atoms with van der Waals surface area (Å²) < 4.78 is 20.7. The van der Waals surface area contributed by atoms with Gasteiger partial charge >= 0.3 is 5.97 Å². The normalized spacial score (nSPS) is 13.6. The molecule has 1 aliphatic heterocycles. The van der Waals surface area contributed by atoms with Crippen molar-refractivity contribution in [1.29, 1.82) is 0 Å². The molecule has 0 saturated carbocycles. The van der Waals surface area contributed by atoms with Gasteiger partial charge in [-0.2, -0.15) is 0 Å². The summed E-state index contributed by atoms with van der Waals surface area (Å²) in [6.07, 6.45) is 3.30. The molecule has 0 aliphatic carbocycles. The fourth-order valence-corrected chi connectivity index (χ4v) is 2.52. The molecule has 0 radical (unpaired) electrons. The molecule has 1 amide bonds. The Morgan fingerprint density at radius 3 is 3.00 bits per heavy atom. The van der Waals surface area contributed by atoms with E-state index < -0.39 is 18.0 Å². The molecule has 26 heavy (non-hydrogen) atoms. The van der Waals surface area contributed by atoms with Crippen molar-refractivity contribution in [1.82, 2.24) is 5.32 Å². The maximum Gasteiger partial charge on any atom is 0.331 e. The first-order valence-corrected chi connectivity index (χ1v) is 8.18. The summed E-state index contributed by atoms with van der Waals surface area (Å²) in [4.78, 5) is 23.8. The van der Waals surface area contributed by atoms with Crippen LogP contribution in [0.5, 0.6) is 11.5 Å². The molecule has 7 nitrogen and oxygen atoms in total. The lowest BCUT2D eigenvalue weighted by atomic mass is 10.2. The number of rotatable bonds is 6. The van der Waals surface area contributed by atoms with Gasteiger partial charge in [0.25, 0.3) is 5.91 Å². The Labute approximate surface area is 154 Å². The molecule has 0 fully saturated rings. The number of carbonyl (C=O) groups excluding carboxylic acids is 2. The zero-order valence-electron chi connectivity index (χ0n) is 13.9. The number of fused-ring (bicyclic) bond motifs is 1. The summed E-state index contributed by atoms with van der Waals surface area (Å²) in [7, 11) is 0. The molecule has 0 saturated heterocycles. The summed E-state index contributed by atoms with van der Waals surface area (Å²) >= 11 is 6.08. The summed E-state index contributed by atoms with van der Waals surface area (Å²) in [5.41, 5.74) is 0.645. The van der Waals surface area contributed by atoms with E-state index in [0.717, 1.165) is 0 Å². The Balaban J connectivity index is 1.52. The van der Waals surface area contributed by atoms with E-state index in [1.54, 1.807) is 24.3 Å². The Hall–Kier alpha value is -2.93. The van der Waals surface area contributed by atoms with Crippen LogP contribution in [0.1, 0.15) is 18.2 Å². The van der Waals surface area contributed by atoms with Gasteiger partial charge in [-0.05, 0) is 42.8 Å². The van der Waals surface area contributed by atoms with E-state index in [-0.39, 0.29) is 13.3 Å². The van der Waals surface area contributed by atoms with E-state index in [0.29, 0.717) is 27.8 Å². The van der Waals surface area contributed by atoms with Crippen LogP contribution in [0, 0.1) is 0 Å². The Bertz CT molecular complexity index is 830. The highest BCUT2D eigenvalue weighted by molar-refractivity contribution is 6.32. The molecular weight excluding hydrogens is 362 g/mol. The van der Waals surface area contributed by atoms with Gasteiger partial charge in [0.15, 0.2) is 17.6 Å². The largest absolute Gasteiger partial charge is 0.467 e. The van der Waals surface area contributed by atoms with Crippen molar-refractivity contribution in [2.75, 3.05) is 6.79 Å². The Kier molecular flexibility index (Phi) is 5.48. The monoisotopic (exact) mass is 377 g/mol. The molecule has 2 aromatic rings. The van der Waals surface area contributed by atoms with Gasteiger partial charge in [-0.1, -0.05) is 11.6 Å². The predicted octanol–water partition coefficient (Wildman–Crippen LogP) is 2.92. The predicted molar refractivity (Wildman–Crippen MR) is 92.7 cm³/mol. The number of hydrogen-bond donors (Lipinski definition) is 1. The van der Waals surface area contributed by atoms with Crippen LogP contribution < -0.4 is 14.8 Å². The van der Waals surface area contributed by atoms with Crippen molar-refractivity contribution in [3.63, 3.8) is 0 Å². The number of carbonyl (C=O) groups is 2. The van der Waals surface area contributed by atoms with Crippen LogP contribution in [0.4, 0.5) is 0 Å². The molecule has 1 atom stereocenters. The van der Waals surface area contributed by atoms with Crippen LogP contribution in [0.25, 0.3) is 6.08 Å². The van der Waals surface area contributed by atoms with Crippen LogP contribution in [0.3, 0.4) is 0 Å². The fraction of sp³-hybridized carbons (Fsp3) is 0.222. The van der Waals surface area contributed by atoms with Gasteiger partial charge in [0.2, 0.25) is 6.79 Å². The number of esters is 1. The van der Waals surface area contributed by atoms with E-state index in [9.17, 15) is 9.59 Å². The summed E-state index contributed by atoms with van der Waals surface area (Å²) in [5, 5.41) is 3.01. The fourth-order valence-electron chi connectivity index (χ4n) is 2.25. The standard InChI is InChI=1S/C18H16ClNO6/c1-11(18(22)20-9-13-3-2-6-23-13)26-16(21)5-4-12-7-14(19)17-15(8-12)24-10-25-17/h2-8,11H,9-10H2,1H3,(H,20,22)/b5-4+/t11-/m0/s1. The van der Waals surface area contributed by atoms with Crippen LogP contribution in [-0.4, -0.2) is 24.8 Å². The SMILES string of the molecule is C[C@H](OC(=O)/C=C/c1cc(Cl)c2c(c1)OCO2)C(=O)NCc1ccco1. The first kappa shape index (κ1) is 17.9. The smallest absolute Gasteiger partial charge is 0.331 e. The van der Waals surface area contributed by atoms with E-state index in [1.165, 1.54) is 25.3 Å². The maximum atomic E-state index is 11.9. The van der Waals surface area contributed by atoms with E-state index >= 15 is 0 Å². The van der Waals surface area contributed by atoms with Gasteiger partial charge in [0.1, 0.15) is 5.76 Å². The molecule has 0 unspecified atom stereocenters. The minimum atomic E-state index is -0.942. The van der Waals surface area contributed by atoms with Crippen molar-refractivity contribution in [3.05, 3.63) is 53.0 Å². The molecule has 3 rings (SSSR count). The third-order valence-corrected chi connectivity index (χ3v) is 3.82. The summed E-state index contributed by atoms with van der Waals surface area (Å²) in [6, 6.07) is 6.78. The number of ether oxygens (including phenoxy) is 3. The van der Waals surface area contributed by atoms with Crippen molar-refractivity contribution < 1.29 is 28.2 Å². The second-order valence-corrected chi connectivity index (χ2v) is 5.85. The summed E-state index contributed by atoms with van der Waals surface area (Å²) in [5.74, 6) is 0.523. The topological polar surface area (TPSA) is 87.0 Å². The third-order valence-electron chi connectivity index (χ3n) is 3.54. The van der Waals surface area contributed by atoms with Gasteiger partial charge in [-0.15, -0.1) is 0 Å². The number of furan rings is 1. The van der Waals surface area contributed by atoms with Crippen molar-refractivity contribution in [2.45, 2.75) is 19.6 Å². The van der Waals surface area contributed by atoms with Crippen LogP contribution in [0.15, 0.2) is 41.0 Å². The van der Waals surface area contributed by atoms with Crippen LogP contribution >= 0.6 is 11.6 Å². The Morgan fingerprint density at radius 2 is 2.23 bits per heavy atom. The quantitative estimate of drug-likeness (QED) is 0.615. The highest BCUT2D eigenvalue weighted by Crippen LogP contribution is 2.40. The molecule has 1 aromatic carbocycles. The molecular formula is C18H16ClNO6. The average Bonchev–Trinajstić information content (AvgIpc) is 3.29. The van der Waals surface area contributed by atoms with Crippen molar-refractivity contribution in [3.8, 4) is 11.5 Å². The van der Waals surface area contributed by atoms with Crippen molar-refractivity contribution >= 4 is 29.6 Å². The van der Waals surface area contributed by atoms with Crippen LogP contribution in [0.2, 0.25) is 5.02 Å². The van der Waals surface area contributed by atoms with Crippen molar-refractivity contribution in [2.24, 2.45) is 0 Å². The van der Waals surface area contributed by atoms with Gasteiger partial charge in [-0.3, -0.25) is 4.79 Å². The minimum Gasteiger partial charge on any atom is -0.467 e. The second kappa shape index (κ2) is 7.97. The molecule has 0 bridgehead atoms. The maximum absolute atomic E-state index is 11.9. The van der Waals surface area contributed by atoms with Gasteiger partial charge < -0.3 is 23.9 Å². The number of benzene rings is 1. The molecule has 2 heterocycles. The number of hydrogen-bond acceptors (Lipinski definition) is 6. The average molecular weight is 378 g/mol. The lowest BCUT2D eigenvalue weighted by Gasteiger charge is -2.11. The minimum absolute atomic E-state index is 0.106. The third kappa shape index (κ3) is 4.37. The lowest BCUT2D eigenvalue weighted by molar-refractivity contribution is -0.150. The highest BCUT2D eigenvalue weighted by Gasteiger charge is 2.18. The number of nitrogens with one attached hydrogen (secondary N) is 1. The molecule has 136 valence electrons. The molecule has 0 spiro atoms. The van der Waals surface area contributed by atoms with E-state index in [1.807, 2.05) is 0 Å². The second-order valence-electron chi connectivity index (χ2n) is 5.45. The lowest BCUT2D eigenvalue weighted by Crippen LogP contribution is -2.35. The van der Waals surface area contributed by atoms with E-state index in [4.69, 9.17) is 30.2 Å². The van der Waals surface area contributed by atoms with Gasteiger partial charge in [-0.25, -0.2) is 4.79 Å². The molecule has 1 aliphatic rings. The van der Waals surface area contributed by atoms with Crippen LogP contribution in [-0.2, 0) is 20.9 Å². The molecule has 8 heteroatoms. The van der Waals surface area contributed by atoms with Gasteiger partial charge in [0, 0.05) is 6.08 Å². The van der Waals surface area contributed by atoms with E-state index in [2.05, 4.69) is 5.32 Å². The Morgan fingerprint density at radius 1 is 1.38 bits per heavy atom. The first-order chi connectivity index (χ1) is 12.5. The number of halogens is 1. The zero-order valence-corrected chi connectivity index (χ0v) is 14.6. The molecule has 1 N–H and O–H groups in total. The van der Waals surface area contributed by atoms with Gasteiger partial charge in [0.05, 0.1) is 17.8 Å². The summed E-state index contributed by atoms with van der Waals surface area (Å²) in [6.45, 7) is 1.81.